The van der Waals surface area contributed by atoms with Gasteiger partial charge < -0.3 is 10.3 Å². The summed E-state index contributed by atoms with van der Waals surface area (Å²) in [5.74, 6) is -0.00250. The normalized spacial score (nSPS) is 13.7. The number of nitrogens with zero attached hydrogens (tertiary/aromatic N) is 1. The van der Waals surface area contributed by atoms with E-state index < -0.39 is 0 Å². The van der Waals surface area contributed by atoms with E-state index in [4.69, 9.17) is 0 Å². The molecule has 3 heterocycles. The fraction of sp³-hybridized carbons (Fsp3) is 0.143. The lowest BCUT2D eigenvalue weighted by Crippen LogP contribution is -2.31. The Kier molecular flexibility index (Phi) is 3.94. The molecule has 0 saturated heterocycles. The molecule has 0 atom stereocenters. The summed E-state index contributed by atoms with van der Waals surface area (Å²) in [5.41, 5.74) is 7.01. The quantitative estimate of drug-likeness (QED) is 0.767. The molecule has 1 amide bonds. The Morgan fingerprint density at radius 2 is 1.92 bits per heavy atom. The third-order valence-corrected chi connectivity index (χ3v) is 4.42. The van der Waals surface area contributed by atoms with Gasteiger partial charge in [0.15, 0.2) is 0 Å². The van der Waals surface area contributed by atoms with Crippen LogP contribution in [0.4, 0.5) is 0 Å². The lowest BCUT2D eigenvalue weighted by atomic mass is 10.1. The van der Waals surface area contributed by atoms with E-state index in [1.165, 1.54) is 5.56 Å². The van der Waals surface area contributed by atoms with Crippen LogP contribution in [0.15, 0.2) is 48.7 Å². The maximum atomic E-state index is 11.9. The second-order valence-corrected chi connectivity index (χ2v) is 6.29. The number of aromatic nitrogens is 2. The number of pyridine rings is 1. The highest BCUT2D eigenvalue weighted by atomic mass is 16.1. The first kappa shape index (κ1) is 15.4. The summed E-state index contributed by atoms with van der Waals surface area (Å²) in [6, 6.07) is 14.3. The van der Waals surface area contributed by atoms with E-state index in [1.807, 2.05) is 24.3 Å². The molecule has 0 unspecified atom stereocenters. The second kappa shape index (κ2) is 6.40. The van der Waals surface area contributed by atoms with Crippen molar-refractivity contribution in [1.29, 1.82) is 0 Å². The first-order chi connectivity index (χ1) is 12.2. The monoisotopic (exact) mass is 329 g/mol. The molecule has 4 rings (SSSR count). The van der Waals surface area contributed by atoms with Crippen molar-refractivity contribution in [2.45, 2.75) is 13.3 Å². The molecule has 1 aromatic carbocycles. The van der Waals surface area contributed by atoms with Gasteiger partial charge in [-0.05, 0) is 36.8 Å². The smallest absolute Gasteiger partial charge is 0.253 e. The number of rotatable bonds is 3. The molecule has 4 heteroatoms. The number of fused-ring (bicyclic) bond motifs is 1. The Balaban J connectivity index is 1.61. The maximum absolute atomic E-state index is 11.9. The van der Waals surface area contributed by atoms with Crippen molar-refractivity contribution in [1.82, 2.24) is 15.3 Å². The molecule has 124 valence electrons. The SMILES string of the molecule is Cc1ccc(/C=C/c2cc(-c3cc4c([nH]3)CCNC4=O)ccn2)cc1. The van der Waals surface area contributed by atoms with E-state index >= 15 is 0 Å². The molecule has 2 N–H and O–H groups in total. The summed E-state index contributed by atoms with van der Waals surface area (Å²) in [6.45, 7) is 2.77. The maximum Gasteiger partial charge on any atom is 0.253 e. The molecule has 0 radical (unpaired) electrons. The van der Waals surface area contributed by atoms with Gasteiger partial charge in [0.05, 0.1) is 11.3 Å². The number of nitrogens with one attached hydrogen (secondary N) is 2. The molecule has 2 aromatic heterocycles. The van der Waals surface area contributed by atoms with Crippen LogP contribution < -0.4 is 5.32 Å². The average molecular weight is 329 g/mol. The van der Waals surface area contributed by atoms with Crippen LogP contribution in [0.3, 0.4) is 0 Å². The Morgan fingerprint density at radius 3 is 2.72 bits per heavy atom. The number of benzene rings is 1. The summed E-state index contributed by atoms with van der Waals surface area (Å²) in [4.78, 5) is 19.7. The lowest BCUT2D eigenvalue weighted by molar-refractivity contribution is 0.0946. The highest BCUT2D eigenvalue weighted by Crippen LogP contribution is 2.24. The number of aryl methyl sites for hydroxylation is 1. The van der Waals surface area contributed by atoms with Gasteiger partial charge in [-0.1, -0.05) is 35.9 Å². The Morgan fingerprint density at radius 1 is 1.08 bits per heavy atom. The van der Waals surface area contributed by atoms with Crippen molar-refractivity contribution in [3.63, 3.8) is 0 Å². The van der Waals surface area contributed by atoms with E-state index in [0.717, 1.165) is 40.2 Å². The Hall–Kier alpha value is -3.14. The minimum atomic E-state index is -0.00250. The van der Waals surface area contributed by atoms with Gasteiger partial charge in [0, 0.05) is 36.1 Å². The highest BCUT2D eigenvalue weighted by Gasteiger charge is 2.19. The molecule has 0 spiro atoms. The first-order valence-electron chi connectivity index (χ1n) is 8.40. The van der Waals surface area contributed by atoms with Crippen LogP contribution in [0, 0.1) is 6.92 Å². The van der Waals surface area contributed by atoms with Crippen LogP contribution in [-0.2, 0) is 6.42 Å². The molecule has 0 saturated carbocycles. The number of H-pyrrole nitrogens is 1. The van der Waals surface area contributed by atoms with Crippen LogP contribution in [-0.4, -0.2) is 22.4 Å². The second-order valence-electron chi connectivity index (χ2n) is 6.29. The molecular weight excluding hydrogens is 310 g/mol. The minimum absolute atomic E-state index is 0.00250. The fourth-order valence-corrected chi connectivity index (χ4v) is 3.02. The number of hydrogen-bond acceptors (Lipinski definition) is 2. The third kappa shape index (κ3) is 3.24. The molecular formula is C21H19N3O. The van der Waals surface area contributed by atoms with E-state index in [2.05, 4.69) is 52.5 Å². The van der Waals surface area contributed by atoms with Crippen molar-refractivity contribution in [2.75, 3.05) is 6.54 Å². The lowest BCUT2D eigenvalue weighted by Gasteiger charge is -2.10. The van der Waals surface area contributed by atoms with E-state index in [1.54, 1.807) is 6.20 Å². The topological polar surface area (TPSA) is 57.8 Å². The van der Waals surface area contributed by atoms with Gasteiger partial charge in [-0.25, -0.2) is 0 Å². The van der Waals surface area contributed by atoms with Gasteiger partial charge >= 0.3 is 0 Å². The van der Waals surface area contributed by atoms with Gasteiger partial charge in [0.25, 0.3) is 5.91 Å². The van der Waals surface area contributed by atoms with Gasteiger partial charge in [0.1, 0.15) is 0 Å². The van der Waals surface area contributed by atoms with Crippen molar-refractivity contribution in [3.05, 3.63) is 76.7 Å². The van der Waals surface area contributed by atoms with Gasteiger partial charge in [-0.3, -0.25) is 9.78 Å². The van der Waals surface area contributed by atoms with Crippen LogP contribution in [0.1, 0.15) is 32.9 Å². The van der Waals surface area contributed by atoms with Gasteiger partial charge in [-0.15, -0.1) is 0 Å². The summed E-state index contributed by atoms with van der Waals surface area (Å²) < 4.78 is 0. The van der Waals surface area contributed by atoms with Gasteiger partial charge in [0.2, 0.25) is 0 Å². The number of carbonyl (C=O) groups excluding carboxylic acids is 1. The third-order valence-electron chi connectivity index (χ3n) is 4.42. The summed E-state index contributed by atoms with van der Waals surface area (Å²) >= 11 is 0. The van der Waals surface area contributed by atoms with Gasteiger partial charge in [-0.2, -0.15) is 0 Å². The predicted molar refractivity (Wildman–Crippen MR) is 100 cm³/mol. The van der Waals surface area contributed by atoms with Crippen LogP contribution in [0.2, 0.25) is 0 Å². The fourth-order valence-electron chi connectivity index (χ4n) is 3.02. The van der Waals surface area contributed by atoms with Crippen molar-refractivity contribution in [3.8, 4) is 11.3 Å². The summed E-state index contributed by atoms with van der Waals surface area (Å²) in [5, 5.41) is 2.87. The van der Waals surface area contributed by atoms with Crippen molar-refractivity contribution in [2.24, 2.45) is 0 Å². The zero-order chi connectivity index (χ0) is 17.2. The predicted octanol–water partition coefficient (Wildman–Crippen LogP) is 3.84. The number of carbonyl (C=O) groups is 1. The number of hydrogen-bond donors (Lipinski definition) is 2. The zero-order valence-corrected chi connectivity index (χ0v) is 14.0. The molecule has 0 fully saturated rings. The average Bonchev–Trinajstić information content (AvgIpc) is 3.07. The highest BCUT2D eigenvalue weighted by molar-refractivity contribution is 5.97. The van der Waals surface area contributed by atoms with Crippen molar-refractivity contribution >= 4 is 18.1 Å². The Labute approximate surface area is 146 Å². The molecule has 1 aliphatic rings. The standard InChI is InChI=1S/C21H19N3O/c1-14-2-4-15(5-3-14)6-7-17-12-16(8-10-22-17)20-13-18-19(24-20)9-11-23-21(18)25/h2-8,10,12-13,24H,9,11H2,1H3,(H,23,25)/b7-6+. The van der Waals surface area contributed by atoms with E-state index in [9.17, 15) is 4.79 Å². The molecule has 3 aromatic rings. The molecule has 4 nitrogen and oxygen atoms in total. The minimum Gasteiger partial charge on any atom is -0.358 e. The number of aromatic amines is 1. The molecule has 1 aliphatic heterocycles. The number of amides is 1. The molecule has 25 heavy (non-hydrogen) atoms. The summed E-state index contributed by atoms with van der Waals surface area (Å²) in [6.07, 6.45) is 6.69. The van der Waals surface area contributed by atoms with Crippen LogP contribution in [0.5, 0.6) is 0 Å². The molecule has 0 bridgehead atoms. The van der Waals surface area contributed by atoms with Crippen LogP contribution >= 0.6 is 0 Å². The zero-order valence-electron chi connectivity index (χ0n) is 14.0. The first-order valence-corrected chi connectivity index (χ1v) is 8.40. The van der Waals surface area contributed by atoms with Crippen LogP contribution in [0.25, 0.3) is 23.4 Å². The molecule has 0 aliphatic carbocycles. The summed E-state index contributed by atoms with van der Waals surface area (Å²) in [7, 11) is 0. The van der Waals surface area contributed by atoms with E-state index in [-0.39, 0.29) is 5.91 Å². The van der Waals surface area contributed by atoms with Crippen molar-refractivity contribution < 1.29 is 4.79 Å². The Bertz CT molecular complexity index is 952. The largest absolute Gasteiger partial charge is 0.358 e. The van der Waals surface area contributed by atoms with E-state index in [0.29, 0.717) is 6.54 Å².